The highest BCUT2D eigenvalue weighted by atomic mass is 32.2. The van der Waals surface area contributed by atoms with Crippen molar-refractivity contribution < 1.29 is 8.42 Å². The number of hydrogen-bond acceptors (Lipinski definition) is 5. The number of nitrogens with one attached hydrogen (secondary N) is 1. The first-order valence-corrected chi connectivity index (χ1v) is 8.05. The molecule has 106 valence electrons. The maximum atomic E-state index is 11.4. The standard InChI is InChI=1S/C14H12N4O2S/c1-21(19,20)18-13-5-4-11(10-7-15-9-16-8-10)12-3-2-6-17-14(12)13/h2-9,18H,1H3. The summed E-state index contributed by atoms with van der Waals surface area (Å²) >= 11 is 0. The van der Waals surface area contributed by atoms with Crippen molar-refractivity contribution in [3.05, 3.63) is 49.2 Å². The van der Waals surface area contributed by atoms with Crippen LogP contribution in [0.2, 0.25) is 0 Å². The monoisotopic (exact) mass is 300 g/mol. The van der Waals surface area contributed by atoms with E-state index < -0.39 is 10.0 Å². The van der Waals surface area contributed by atoms with Gasteiger partial charge in [0.05, 0.1) is 17.5 Å². The molecule has 2 heterocycles. The van der Waals surface area contributed by atoms with E-state index in [2.05, 4.69) is 19.7 Å². The van der Waals surface area contributed by atoms with Gasteiger partial charge in [-0.25, -0.2) is 18.4 Å². The topological polar surface area (TPSA) is 84.8 Å². The molecule has 0 aliphatic rings. The third-order valence-corrected chi connectivity index (χ3v) is 3.53. The van der Waals surface area contributed by atoms with E-state index in [1.54, 1.807) is 30.7 Å². The fourth-order valence-electron chi connectivity index (χ4n) is 2.14. The molecule has 1 N–H and O–H groups in total. The number of fused-ring (bicyclic) bond motifs is 1. The predicted molar refractivity (Wildman–Crippen MR) is 81.2 cm³/mol. The Balaban J connectivity index is 2.25. The average Bonchev–Trinajstić information content (AvgIpc) is 2.47. The minimum absolute atomic E-state index is 0.452. The van der Waals surface area contributed by atoms with Crippen LogP contribution in [0.3, 0.4) is 0 Å². The summed E-state index contributed by atoms with van der Waals surface area (Å²) < 4.78 is 25.4. The molecule has 1 aromatic carbocycles. The van der Waals surface area contributed by atoms with E-state index in [1.807, 2.05) is 12.1 Å². The van der Waals surface area contributed by atoms with Gasteiger partial charge in [0.15, 0.2) is 0 Å². The normalized spacial score (nSPS) is 11.5. The van der Waals surface area contributed by atoms with Crippen molar-refractivity contribution in [1.82, 2.24) is 15.0 Å². The molecule has 0 fully saturated rings. The van der Waals surface area contributed by atoms with Crippen molar-refractivity contribution in [3.8, 4) is 11.1 Å². The van der Waals surface area contributed by atoms with Gasteiger partial charge >= 0.3 is 0 Å². The molecule has 0 amide bonds. The van der Waals surface area contributed by atoms with Gasteiger partial charge in [0.25, 0.3) is 0 Å². The highest BCUT2D eigenvalue weighted by Crippen LogP contribution is 2.31. The first-order chi connectivity index (χ1) is 10.0. The summed E-state index contributed by atoms with van der Waals surface area (Å²) in [4.78, 5) is 12.3. The number of nitrogens with zero attached hydrogens (tertiary/aromatic N) is 3. The van der Waals surface area contributed by atoms with E-state index in [0.29, 0.717) is 11.2 Å². The number of hydrogen-bond donors (Lipinski definition) is 1. The second kappa shape index (κ2) is 5.10. The number of anilines is 1. The summed E-state index contributed by atoms with van der Waals surface area (Å²) in [5.41, 5.74) is 2.79. The first-order valence-electron chi connectivity index (χ1n) is 6.15. The Labute approximate surface area is 122 Å². The molecule has 3 aromatic rings. The second-order valence-electron chi connectivity index (χ2n) is 4.56. The third-order valence-electron chi connectivity index (χ3n) is 2.94. The van der Waals surface area contributed by atoms with Gasteiger partial charge < -0.3 is 0 Å². The molecular weight excluding hydrogens is 288 g/mol. The Morgan fingerprint density at radius 1 is 1.10 bits per heavy atom. The van der Waals surface area contributed by atoms with Gasteiger partial charge in [-0.3, -0.25) is 9.71 Å². The average molecular weight is 300 g/mol. The van der Waals surface area contributed by atoms with E-state index in [4.69, 9.17) is 0 Å². The van der Waals surface area contributed by atoms with Gasteiger partial charge in [-0.1, -0.05) is 12.1 Å². The first kappa shape index (κ1) is 13.4. The van der Waals surface area contributed by atoms with Crippen LogP contribution in [-0.4, -0.2) is 29.6 Å². The summed E-state index contributed by atoms with van der Waals surface area (Å²) in [6.45, 7) is 0. The van der Waals surface area contributed by atoms with Crippen LogP contribution in [0.25, 0.3) is 22.0 Å². The zero-order valence-corrected chi connectivity index (χ0v) is 12.0. The lowest BCUT2D eigenvalue weighted by Gasteiger charge is -2.11. The van der Waals surface area contributed by atoms with Gasteiger partial charge in [-0.05, 0) is 17.7 Å². The molecule has 0 saturated carbocycles. The largest absolute Gasteiger partial charge is 0.282 e. The second-order valence-corrected chi connectivity index (χ2v) is 6.31. The Hall–Kier alpha value is -2.54. The number of rotatable bonds is 3. The molecule has 0 aliphatic carbocycles. The Morgan fingerprint density at radius 2 is 1.86 bits per heavy atom. The fraction of sp³-hybridized carbons (Fsp3) is 0.0714. The number of aromatic nitrogens is 3. The summed E-state index contributed by atoms with van der Waals surface area (Å²) in [7, 11) is -3.36. The molecule has 7 heteroatoms. The highest BCUT2D eigenvalue weighted by Gasteiger charge is 2.11. The van der Waals surface area contributed by atoms with Gasteiger partial charge in [0, 0.05) is 29.5 Å². The molecule has 0 spiro atoms. The Bertz CT molecular complexity index is 895. The lowest BCUT2D eigenvalue weighted by molar-refractivity contribution is 0.607. The van der Waals surface area contributed by atoms with E-state index >= 15 is 0 Å². The smallest absolute Gasteiger partial charge is 0.229 e. The molecule has 3 rings (SSSR count). The summed E-state index contributed by atoms with van der Waals surface area (Å²) in [5.74, 6) is 0. The lowest BCUT2D eigenvalue weighted by atomic mass is 10.0. The van der Waals surface area contributed by atoms with Crippen molar-refractivity contribution in [1.29, 1.82) is 0 Å². The van der Waals surface area contributed by atoms with Crippen molar-refractivity contribution in [2.24, 2.45) is 0 Å². The maximum absolute atomic E-state index is 11.4. The molecule has 0 aliphatic heterocycles. The van der Waals surface area contributed by atoms with Crippen LogP contribution >= 0.6 is 0 Å². The molecule has 0 atom stereocenters. The molecule has 21 heavy (non-hydrogen) atoms. The number of pyridine rings is 1. The lowest BCUT2D eigenvalue weighted by Crippen LogP contribution is -2.10. The van der Waals surface area contributed by atoms with Crippen LogP contribution in [0.15, 0.2) is 49.2 Å². The molecule has 6 nitrogen and oxygen atoms in total. The quantitative estimate of drug-likeness (QED) is 0.800. The van der Waals surface area contributed by atoms with Crippen LogP contribution in [0.4, 0.5) is 5.69 Å². The van der Waals surface area contributed by atoms with Gasteiger partial charge in [0.1, 0.15) is 6.33 Å². The van der Waals surface area contributed by atoms with E-state index in [0.717, 1.165) is 22.8 Å². The zero-order valence-electron chi connectivity index (χ0n) is 11.2. The molecule has 0 saturated heterocycles. The van der Waals surface area contributed by atoms with Crippen LogP contribution in [0.5, 0.6) is 0 Å². The van der Waals surface area contributed by atoms with Crippen LogP contribution < -0.4 is 4.72 Å². The van der Waals surface area contributed by atoms with Crippen LogP contribution in [0, 0.1) is 0 Å². The van der Waals surface area contributed by atoms with Crippen LogP contribution in [0.1, 0.15) is 0 Å². The van der Waals surface area contributed by atoms with Crippen molar-refractivity contribution >= 4 is 26.6 Å². The SMILES string of the molecule is CS(=O)(=O)Nc1ccc(-c2cncnc2)c2cccnc12. The van der Waals surface area contributed by atoms with Gasteiger partial charge in [0.2, 0.25) is 10.0 Å². The summed E-state index contributed by atoms with van der Waals surface area (Å²) in [6.07, 6.45) is 7.61. The van der Waals surface area contributed by atoms with Gasteiger partial charge in [-0.2, -0.15) is 0 Å². The van der Waals surface area contributed by atoms with Gasteiger partial charge in [-0.15, -0.1) is 0 Å². The zero-order chi connectivity index (χ0) is 14.9. The number of sulfonamides is 1. The minimum Gasteiger partial charge on any atom is -0.282 e. The molecule has 0 bridgehead atoms. The summed E-state index contributed by atoms with van der Waals surface area (Å²) in [6, 6.07) is 7.22. The predicted octanol–water partition coefficient (Wildman–Crippen LogP) is 2.06. The minimum atomic E-state index is -3.36. The molecule has 2 aromatic heterocycles. The van der Waals surface area contributed by atoms with Crippen molar-refractivity contribution in [2.45, 2.75) is 0 Å². The molecule has 0 unspecified atom stereocenters. The number of benzene rings is 1. The summed E-state index contributed by atoms with van der Waals surface area (Å²) in [5, 5.41) is 0.834. The Morgan fingerprint density at radius 3 is 2.57 bits per heavy atom. The van der Waals surface area contributed by atoms with Crippen molar-refractivity contribution in [3.63, 3.8) is 0 Å². The van der Waals surface area contributed by atoms with Crippen molar-refractivity contribution in [2.75, 3.05) is 11.0 Å². The fourth-order valence-corrected chi connectivity index (χ4v) is 2.71. The molecular formula is C14H12N4O2S. The highest BCUT2D eigenvalue weighted by molar-refractivity contribution is 7.92. The molecule has 0 radical (unpaired) electrons. The van der Waals surface area contributed by atoms with E-state index in [-0.39, 0.29) is 0 Å². The maximum Gasteiger partial charge on any atom is 0.229 e. The van der Waals surface area contributed by atoms with Crippen LogP contribution in [-0.2, 0) is 10.0 Å². The van der Waals surface area contributed by atoms with E-state index in [9.17, 15) is 8.42 Å². The van der Waals surface area contributed by atoms with E-state index in [1.165, 1.54) is 6.33 Å². The third kappa shape index (κ3) is 2.82. The Kier molecular flexibility index (Phi) is 3.26.